The van der Waals surface area contributed by atoms with Crippen molar-refractivity contribution in [2.45, 2.75) is 12.8 Å². The van der Waals surface area contributed by atoms with Crippen LogP contribution in [0.15, 0.2) is 24.3 Å². The maximum Gasteiger partial charge on any atom is 0.269 e. The van der Waals surface area contributed by atoms with Crippen molar-refractivity contribution in [3.63, 3.8) is 0 Å². The van der Waals surface area contributed by atoms with Gasteiger partial charge in [-0.3, -0.25) is 14.9 Å². The van der Waals surface area contributed by atoms with Gasteiger partial charge in [-0.2, -0.15) is 0 Å². The highest BCUT2D eigenvalue weighted by Gasteiger charge is 2.32. The van der Waals surface area contributed by atoms with E-state index in [9.17, 15) is 23.3 Å². The van der Waals surface area contributed by atoms with Crippen LogP contribution in [0.5, 0.6) is 0 Å². The van der Waals surface area contributed by atoms with Gasteiger partial charge < -0.3 is 9.80 Å². The number of non-ortho nitro benzene ring substituents is 1. The molecule has 2 fully saturated rings. The summed E-state index contributed by atoms with van der Waals surface area (Å²) in [6.07, 6.45) is 2.33. The Labute approximate surface area is 158 Å². The van der Waals surface area contributed by atoms with E-state index >= 15 is 0 Å². The molecular weight excluding hydrogens is 372 g/mol. The summed E-state index contributed by atoms with van der Waals surface area (Å²) in [6.45, 7) is 3.34. The minimum Gasteiger partial charge on any atom is -0.368 e. The molecule has 0 N–H and O–H groups in total. The second-order valence-electron chi connectivity index (χ2n) is 7.02. The Bertz CT molecular complexity index is 795. The molecule has 0 bridgehead atoms. The maximum atomic E-state index is 12.7. The topological polar surface area (TPSA) is 104 Å². The van der Waals surface area contributed by atoms with E-state index in [-0.39, 0.29) is 17.5 Å². The Balaban J connectivity index is 1.52. The summed E-state index contributed by atoms with van der Waals surface area (Å²) >= 11 is 0. The van der Waals surface area contributed by atoms with Crippen molar-refractivity contribution in [2.24, 2.45) is 5.92 Å². The molecule has 2 heterocycles. The lowest BCUT2D eigenvalue weighted by Crippen LogP contribution is -2.52. The minimum atomic E-state index is -3.19. The number of hydrogen-bond donors (Lipinski definition) is 0. The van der Waals surface area contributed by atoms with Crippen LogP contribution in [0, 0.1) is 16.0 Å². The second kappa shape index (κ2) is 7.81. The van der Waals surface area contributed by atoms with Crippen LogP contribution in [-0.2, 0) is 14.8 Å². The van der Waals surface area contributed by atoms with Crippen molar-refractivity contribution >= 4 is 27.3 Å². The number of carbonyl (C=O) groups excluding carboxylic acids is 1. The zero-order valence-electron chi connectivity index (χ0n) is 15.3. The number of nitro benzene ring substituents is 1. The first-order chi connectivity index (χ1) is 12.8. The first-order valence-corrected chi connectivity index (χ1v) is 10.8. The molecule has 9 nitrogen and oxygen atoms in total. The van der Waals surface area contributed by atoms with E-state index in [2.05, 4.69) is 4.90 Å². The van der Waals surface area contributed by atoms with Crippen molar-refractivity contribution in [3.05, 3.63) is 34.4 Å². The first kappa shape index (κ1) is 19.6. The smallest absolute Gasteiger partial charge is 0.269 e. The number of sulfonamides is 1. The fraction of sp³-hybridized carbons (Fsp3) is 0.588. The normalized spacial score (nSPS) is 19.9. The molecule has 0 unspecified atom stereocenters. The van der Waals surface area contributed by atoms with E-state index in [0.717, 1.165) is 5.69 Å². The third-order valence-corrected chi connectivity index (χ3v) is 6.59. The van der Waals surface area contributed by atoms with Crippen LogP contribution in [-0.4, -0.2) is 74.0 Å². The Hall–Kier alpha value is -2.20. The zero-order chi connectivity index (χ0) is 19.6. The van der Waals surface area contributed by atoms with Gasteiger partial charge in [0.15, 0.2) is 0 Å². The van der Waals surface area contributed by atoms with Gasteiger partial charge in [0.05, 0.1) is 11.2 Å². The summed E-state index contributed by atoms with van der Waals surface area (Å²) in [5.41, 5.74) is 0.974. The summed E-state index contributed by atoms with van der Waals surface area (Å²) < 4.78 is 24.6. The predicted octanol–water partition coefficient (Wildman–Crippen LogP) is 0.915. The van der Waals surface area contributed by atoms with Crippen LogP contribution >= 0.6 is 0 Å². The predicted molar refractivity (Wildman–Crippen MR) is 101 cm³/mol. The third-order valence-electron chi connectivity index (χ3n) is 5.29. The van der Waals surface area contributed by atoms with E-state index in [0.29, 0.717) is 52.1 Å². The molecule has 3 rings (SSSR count). The van der Waals surface area contributed by atoms with Crippen LogP contribution in [0.25, 0.3) is 0 Å². The molecule has 2 aliphatic rings. The number of nitrogens with zero attached hydrogens (tertiary/aromatic N) is 4. The van der Waals surface area contributed by atoms with Gasteiger partial charge in [0, 0.05) is 63.0 Å². The maximum absolute atomic E-state index is 12.7. The summed E-state index contributed by atoms with van der Waals surface area (Å²) in [4.78, 5) is 27.0. The zero-order valence-corrected chi connectivity index (χ0v) is 16.1. The van der Waals surface area contributed by atoms with Crippen LogP contribution < -0.4 is 4.90 Å². The van der Waals surface area contributed by atoms with Crippen LogP contribution in [0.4, 0.5) is 11.4 Å². The average Bonchev–Trinajstić information content (AvgIpc) is 2.67. The molecule has 1 amide bonds. The first-order valence-electron chi connectivity index (χ1n) is 8.99. The lowest BCUT2D eigenvalue weighted by molar-refractivity contribution is -0.384. The summed E-state index contributed by atoms with van der Waals surface area (Å²) in [7, 11) is -3.19. The van der Waals surface area contributed by atoms with E-state index in [1.165, 1.54) is 22.7 Å². The van der Waals surface area contributed by atoms with E-state index < -0.39 is 14.9 Å². The van der Waals surface area contributed by atoms with E-state index in [4.69, 9.17) is 0 Å². The number of nitro groups is 1. The van der Waals surface area contributed by atoms with Crippen molar-refractivity contribution in [2.75, 3.05) is 50.4 Å². The Morgan fingerprint density at radius 3 is 2.07 bits per heavy atom. The molecule has 1 aromatic carbocycles. The number of benzene rings is 1. The molecule has 2 aliphatic heterocycles. The number of hydrogen-bond acceptors (Lipinski definition) is 6. The number of piperidine rings is 1. The molecular formula is C17H24N4O5S. The molecule has 0 radical (unpaired) electrons. The molecule has 0 aromatic heterocycles. The molecule has 0 spiro atoms. The molecule has 27 heavy (non-hydrogen) atoms. The third kappa shape index (κ3) is 4.56. The monoisotopic (exact) mass is 396 g/mol. The summed E-state index contributed by atoms with van der Waals surface area (Å²) in [5.74, 6) is -0.0135. The number of piperazine rings is 1. The SMILES string of the molecule is CS(=O)(=O)N1CCC(C(=O)N2CCN(c3ccc([N+](=O)[O-])cc3)CC2)CC1. The lowest BCUT2D eigenvalue weighted by Gasteiger charge is -2.39. The Kier molecular flexibility index (Phi) is 5.66. The molecule has 148 valence electrons. The largest absolute Gasteiger partial charge is 0.368 e. The van der Waals surface area contributed by atoms with Gasteiger partial charge in [-0.15, -0.1) is 0 Å². The number of anilines is 1. The highest BCUT2D eigenvalue weighted by molar-refractivity contribution is 7.88. The standard InChI is InChI=1S/C17H24N4O5S/c1-27(25,26)20-8-6-14(7-9-20)17(22)19-12-10-18(11-13-19)15-2-4-16(5-3-15)21(23)24/h2-5,14H,6-13H2,1H3. The van der Waals surface area contributed by atoms with Gasteiger partial charge in [0.1, 0.15) is 0 Å². The average molecular weight is 396 g/mol. The molecule has 1 aromatic rings. The van der Waals surface area contributed by atoms with Gasteiger partial charge in [-0.05, 0) is 25.0 Å². The van der Waals surface area contributed by atoms with Gasteiger partial charge in [-0.1, -0.05) is 0 Å². The van der Waals surface area contributed by atoms with Gasteiger partial charge in [-0.25, -0.2) is 12.7 Å². The van der Waals surface area contributed by atoms with Crippen LogP contribution in [0.2, 0.25) is 0 Å². The number of amides is 1. The van der Waals surface area contributed by atoms with E-state index in [1.54, 1.807) is 12.1 Å². The van der Waals surface area contributed by atoms with Gasteiger partial charge in [0.2, 0.25) is 15.9 Å². The Morgan fingerprint density at radius 2 is 1.59 bits per heavy atom. The Morgan fingerprint density at radius 1 is 1.04 bits per heavy atom. The highest BCUT2D eigenvalue weighted by Crippen LogP contribution is 2.24. The van der Waals surface area contributed by atoms with Crippen molar-refractivity contribution in [3.8, 4) is 0 Å². The van der Waals surface area contributed by atoms with Crippen molar-refractivity contribution in [1.82, 2.24) is 9.21 Å². The fourth-order valence-corrected chi connectivity index (χ4v) is 4.54. The van der Waals surface area contributed by atoms with Crippen LogP contribution in [0.1, 0.15) is 12.8 Å². The number of carbonyl (C=O) groups is 1. The quantitative estimate of drug-likeness (QED) is 0.554. The molecule has 10 heteroatoms. The minimum absolute atomic E-state index is 0.0630. The molecule has 0 aliphatic carbocycles. The van der Waals surface area contributed by atoms with Gasteiger partial charge >= 0.3 is 0 Å². The van der Waals surface area contributed by atoms with Crippen molar-refractivity contribution in [1.29, 1.82) is 0 Å². The summed E-state index contributed by atoms with van der Waals surface area (Å²) in [6, 6.07) is 6.44. The van der Waals surface area contributed by atoms with Gasteiger partial charge in [0.25, 0.3) is 5.69 Å². The molecule has 0 atom stereocenters. The lowest BCUT2D eigenvalue weighted by atomic mass is 9.96. The van der Waals surface area contributed by atoms with E-state index in [1.807, 2.05) is 4.90 Å². The summed E-state index contributed by atoms with van der Waals surface area (Å²) in [5, 5.41) is 10.7. The second-order valence-corrected chi connectivity index (χ2v) is 9.00. The van der Waals surface area contributed by atoms with Crippen molar-refractivity contribution < 1.29 is 18.1 Å². The fourth-order valence-electron chi connectivity index (χ4n) is 3.66. The molecule has 0 saturated carbocycles. The molecule has 2 saturated heterocycles. The highest BCUT2D eigenvalue weighted by atomic mass is 32.2. The van der Waals surface area contributed by atoms with Crippen LogP contribution in [0.3, 0.4) is 0 Å². The number of rotatable bonds is 4.